The summed E-state index contributed by atoms with van der Waals surface area (Å²) in [5.74, 6) is -0.924. The van der Waals surface area contributed by atoms with E-state index in [1.54, 1.807) is 4.90 Å². The van der Waals surface area contributed by atoms with Gasteiger partial charge in [0.25, 0.3) is 5.91 Å². The van der Waals surface area contributed by atoms with Crippen LogP contribution in [-0.4, -0.2) is 23.5 Å². The molecule has 1 aliphatic heterocycles. The fourth-order valence-corrected chi connectivity index (χ4v) is 2.68. The van der Waals surface area contributed by atoms with Crippen molar-refractivity contribution in [2.24, 2.45) is 0 Å². The molecule has 24 heavy (non-hydrogen) atoms. The van der Waals surface area contributed by atoms with E-state index in [9.17, 15) is 9.59 Å². The lowest BCUT2D eigenvalue weighted by atomic mass is 10.1. The third kappa shape index (κ3) is 3.30. The summed E-state index contributed by atoms with van der Waals surface area (Å²) in [4.78, 5) is 24.7. The Bertz CT molecular complexity index is 798. The molecule has 0 radical (unpaired) electrons. The van der Waals surface area contributed by atoms with Gasteiger partial charge in [-0.2, -0.15) is 0 Å². The molecule has 3 rings (SSSR count). The second-order valence-corrected chi connectivity index (χ2v) is 5.61. The minimum Gasteiger partial charge on any atom is -0.482 e. The van der Waals surface area contributed by atoms with E-state index in [1.807, 2.05) is 55.5 Å². The fourth-order valence-electron chi connectivity index (χ4n) is 2.68. The van der Waals surface area contributed by atoms with Gasteiger partial charge in [-0.25, -0.2) is 4.79 Å². The largest absolute Gasteiger partial charge is 0.482 e. The molecule has 0 fully saturated rings. The van der Waals surface area contributed by atoms with Gasteiger partial charge in [0.15, 0.2) is 0 Å². The molecule has 1 N–H and O–H groups in total. The summed E-state index contributed by atoms with van der Waals surface area (Å²) in [6.07, 6.45) is 1.62. The topological polar surface area (TPSA) is 66.8 Å². The van der Waals surface area contributed by atoms with Gasteiger partial charge in [-0.05, 0) is 30.2 Å². The average molecular weight is 323 g/mol. The lowest BCUT2D eigenvalue weighted by Crippen LogP contribution is -2.39. The molecule has 1 heterocycles. The summed E-state index contributed by atoms with van der Waals surface area (Å²) in [5.41, 5.74) is 2.61. The average Bonchev–Trinajstić information content (AvgIpc) is 2.59. The lowest BCUT2D eigenvalue weighted by molar-refractivity contribution is -0.131. The van der Waals surface area contributed by atoms with E-state index in [-0.39, 0.29) is 12.0 Å². The monoisotopic (exact) mass is 323 g/mol. The first-order chi connectivity index (χ1) is 11.5. The molecule has 1 aliphatic rings. The fraction of sp³-hybridized carbons (Fsp3) is 0.158. The Morgan fingerprint density at radius 3 is 2.62 bits per heavy atom. The van der Waals surface area contributed by atoms with Crippen molar-refractivity contribution in [3.8, 4) is 5.75 Å². The van der Waals surface area contributed by atoms with Crippen molar-refractivity contribution >= 4 is 17.6 Å². The molecule has 2 aromatic rings. The molecule has 0 bridgehead atoms. The maximum atomic E-state index is 12.5. The number of aliphatic carboxylic acids is 1. The van der Waals surface area contributed by atoms with Crippen molar-refractivity contribution in [3.63, 3.8) is 0 Å². The normalized spacial score (nSPS) is 16.5. The molecule has 0 aromatic heterocycles. The molecule has 0 saturated carbocycles. The number of hydrogen-bond donors (Lipinski definition) is 1. The molecule has 0 saturated heterocycles. The minimum atomic E-state index is -1.15. The Labute approximate surface area is 139 Å². The molecule has 0 aliphatic carbocycles. The Balaban J connectivity index is 1.98. The zero-order valence-electron chi connectivity index (χ0n) is 13.2. The number of carboxylic acid groups (broad SMARTS) is 1. The first-order valence-corrected chi connectivity index (χ1v) is 7.59. The highest BCUT2D eigenvalue weighted by Gasteiger charge is 2.29. The van der Waals surface area contributed by atoms with E-state index in [2.05, 4.69) is 0 Å². The van der Waals surface area contributed by atoms with Gasteiger partial charge in [0, 0.05) is 12.2 Å². The van der Waals surface area contributed by atoms with Gasteiger partial charge in [0.1, 0.15) is 11.9 Å². The van der Waals surface area contributed by atoms with Crippen LogP contribution >= 0.6 is 0 Å². The molecule has 2 aromatic carbocycles. The van der Waals surface area contributed by atoms with Gasteiger partial charge in [-0.15, -0.1) is 0 Å². The quantitative estimate of drug-likeness (QED) is 0.882. The number of amides is 1. The van der Waals surface area contributed by atoms with E-state index < -0.39 is 5.97 Å². The number of rotatable bonds is 3. The number of aryl methyl sites for hydroxylation is 1. The molecule has 5 heteroatoms. The van der Waals surface area contributed by atoms with Gasteiger partial charge in [0.05, 0.1) is 12.2 Å². The number of anilines is 1. The zero-order chi connectivity index (χ0) is 17.1. The van der Waals surface area contributed by atoms with Crippen LogP contribution in [0.15, 0.2) is 60.7 Å². The molecule has 1 atom stereocenters. The second-order valence-electron chi connectivity index (χ2n) is 5.61. The highest BCUT2D eigenvalue weighted by molar-refractivity contribution is 6.05. The van der Waals surface area contributed by atoms with Gasteiger partial charge in [0.2, 0.25) is 0 Å². The SMILES string of the molecule is Cc1ccc2c(c1)N(C(=O)C=CC(=O)O)CC(c1ccccc1)O2. The van der Waals surface area contributed by atoms with E-state index >= 15 is 0 Å². The Morgan fingerprint density at radius 1 is 1.17 bits per heavy atom. The number of carbonyl (C=O) groups excluding carboxylic acids is 1. The van der Waals surface area contributed by atoms with Crippen LogP contribution in [0.4, 0.5) is 5.69 Å². The van der Waals surface area contributed by atoms with Crippen LogP contribution in [-0.2, 0) is 9.59 Å². The van der Waals surface area contributed by atoms with Crippen molar-refractivity contribution in [2.75, 3.05) is 11.4 Å². The van der Waals surface area contributed by atoms with E-state index in [4.69, 9.17) is 9.84 Å². The highest BCUT2D eigenvalue weighted by atomic mass is 16.5. The molecule has 1 amide bonds. The zero-order valence-corrected chi connectivity index (χ0v) is 13.2. The van der Waals surface area contributed by atoms with Gasteiger partial charge < -0.3 is 14.7 Å². The predicted molar refractivity (Wildman–Crippen MR) is 90.1 cm³/mol. The predicted octanol–water partition coefficient (Wildman–Crippen LogP) is 3.10. The smallest absolute Gasteiger partial charge is 0.328 e. The van der Waals surface area contributed by atoms with Crippen LogP contribution in [0.5, 0.6) is 5.75 Å². The maximum Gasteiger partial charge on any atom is 0.328 e. The Kier molecular flexibility index (Phi) is 4.33. The van der Waals surface area contributed by atoms with Crippen molar-refractivity contribution in [1.29, 1.82) is 0 Å². The highest BCUT2D eigenvalue weighted by Crippen LogP contribution is 2.38. The van der Waals surface area contributed by atoms with Gasteiger partial charge >= 0.3 is 5.97 Å². The third-order valence-electron chi connectivity index (χ3n) is 3.83. The first kappa shape index (κ1) is 15.8. The molecule has 5 nitrogen and oxygen atoms in total. The number of ether oxygens (including phenoxy) is 1. The number of fused-ring (bicyclic) bond motifs is 1. The van der Waals surface area contributed by atoms with Crippen LogP contribution in [0.3, 0.4) is 0 Å². The van der Waals surface area contributed by atoms with Crippen LogP contribution in [0.25, 0.3) is 0 Å². The summed E-state index contributed by atoms with van der Waals surface area (Å²) < 4.78 is 6.04. The minimum absolute atomic E-state index is 0.302. The number of carboxylic acids is 1. The standard InChI is InChI=1S/C19H17NO4/c1-13-7-8-16-15(11-13)20(18(21)9-10-19(22)23)12-17(24-16)14-5-3-2-4-6-14/h2-11,17H,12H2,1H3,(H,22,23). The van der Waals surface area contributed by atoms with Crippen molar-refractivity contribution in [2.45, 2.75) is 13.0 Å². The summed E-state index contributed by atoms with van der Waals surface area (Å²) in [6.45, 7) is 2.25. The van der Waals surface area contributed by atoms with Crippen molar-refractivity contribution < 1.29 is 19.4 Å². The Morgan fingerprint density at radius 2 is 1.92 bits per heavy atom. The maximum absolute atomic E-state index is 12.5. The number of carbonyl (C=O) groups is 2. The van der Waals surface area contributed by atoms with Crippen molar-refractivity contribution in [1.82, 2.24) is 0 Å². The van der Waals surface area contributed by atoms with E-state index in [0.29, 0.717) is 18.0 Å². The molecule has 0 spiro atoms. The van der Waals surface area contributed by atoms with E-state index in [1.165, 1.54) is 0 Å². The summed E-state index contributed by atoms with van der Waals surface area (Å²) in [6, 6.07) is 15.3. The first-order valence-electron chi connectivity index (χ1n) is 7.59. The third-order valence-corrected chi connectivity index (χ3v) is 3.83. The van der Waals surface area contributed by atoms with Crippen LogP contribution in [0.2, 0.25) is 0 Å². The van der Waals surface area contributed by atoms with Gasteiger partial charge in [-0.3, -0.25) is 4.79 Å². The Hall–Kier alpha value is -3.08. The summed E-state index contributed by atoms with van der Waals surface area (Å²) in [5, 5.41) is 8.75. The second kappa shape index (κ2) is 6.58. The van der Waals surface area contributed by atoms with Crippen molar-refractivity contribution in [3.05, 3.63) is 71.8 Å². The number of nitrogens with zero attached hydrogens (tertiary/aromatic N) is 1. The summed E-state index contributed by atoms with van der Waals surface area (Å²) >= 11 is 0. The molecule has 1 unspecified atom stereocenters. The number of hydrogen-bond acceptors (Lipinski definition) is 3. The lowest BCUT2D eigenvalue weighted by Gasteiger charge is -2.35. The van der Waals surface area contributed by atoms with Gasteiger partial charge in [-0.1, -0.05) is 36.4 Å². The van der Waals surface area contributed by atoms with E-state index in [0.717, 1.165) is 23.3 Å². The summed E-state index contributed by atoms with van der Waals surface area (Å²) in [7, 11) is 0. The molecular weight excluding hydrogens is 306 g/mol. The molecular formula is C19H17NO4. The van der Waals surface area contributed by atoms with Crippen LogP contribution < -0.4 is 9.64 Å². The molecule has 122 valence electrons. The van der Waals surface area contributed by atoms with Crippen LogP contribution in [0, 0.1) is 6.92 Å². The number of benzene rings is 2. The van der Waals surface area contributed by atoms with Crippen LogP contribution in [0.1, 0.15) is 17.2 Å².